The number of nitrogens with one attached hydrogen (secondary N) is 1. The Morgan fingerprint density at radius 1 is 1.22 bits per heavy atom. The molecular weight excluding hydrogens is 538 g/mol. The number of aromatic amines is 1. The summed E-state index contributed by atoms with van der Waals surface area (Å²) in [6.07, 6.45) is -6.57. The maximum Gasteiger partial charge on any atom is 0.490 e. The van der Waals surface area contributed by atoms with Crippen molar-refractivity contribution in [2.45, 2.75) is 24.1 Å². The van der Waals surface area contributed by atoms with E-state index in [9.17, 15) is 41.7 Å². The third-order valence-electron chi connectivity index (χ3n) is 3.74. The van der Waals surface area contributed by atoms with Crippen molar-refractivity contribution >= 4 is 35.7 Å². The van der Waals surface area contributed by atoms with E-state index in [0.717, 1.165) is 0 Å². The average molecular weight is 552 g/mol. The Balaban J connectivity index is 2.22. The standard InChI is InChI=1S/C10H14F3N2O13P3S/c11-3-10(17)6(13)5(26-8(10)15-1-4(12)7(16)14-9(15)32)2-25-30(21,22)28-31(23,24)27-29(18,19)20/h1,5-6,8,17H,2-3H2,(H,21,22)(H,23,24)(H,14,16,32)(H2,18,19,20)/t5-,6?,8-,10-/m1/s1. The normalized spacial score (nSPS) is 30.1. The fraction of sp³-hybridized carbons (Fsp3) is 0.600. The highest BCUT2D eigenvalue weighted by atomic mass is 32.1. The number of nitrogens with zero attached hydrogens (tertiary/aromatic N) is 1. The first-order valence-electron chi connectivity index (χ1n) is 7.78. The smallest absolute Gasteiger partial charge is 0.379 e. The summed E-state index contributed by atoms with van der Waals surface area (Å²) in [4.78, 5) is 48.4. The van der Waals surface area contributed by atoms with E-state index in [1.807, 2.05) is 4.98 Å². The third-order valence-corrected chi connectivity index (χ3v) is 7.86. The fourth-order valence-corrected chi connectivity index (χ4v) is 5.76. The molecule has 0 radical (unpaired) electrons. The van der Waals surface area contributed by atoms with Crippen LogP contribution in [0.25, 0.3) is 0 Å². The van der Waals surface area contributed by atoms with Crippen molar-refractivity contribution in [1.82, 2.24) is 9.55 Å². The monoisotopic (exact) mass is 552 g/mol. The molecule has 0 spiro atoms. The highest BCUT2D eigenvalue weighted by molar-refractivity contribution is 7.71. The number of alkyl halides is 2. The molecule has 0 aromatic carbocycles. The van der Waals surface area contributed by atoms with Gasteiger partial charge in [0.25, 0.3) is 5.56 Å². The van der Waals surface area contributed by atoms with Crippen LogP contribution < -0.4 is 5.56 Å². The predicted molar refractivity (Wildman–Crippen MR) is 95.4 cm³/mol. The Morgan fingerprint density at radius 3 is 2.34 bits per heavy atom. The maximum absolute atomic E-state index is 14.7. The summed E-state index contributed by atoms with van der Waals surface area (Å²) in [5.74, 6) is -1.46. The number of aromatic nitrogens is 2. The van der Waals surface area contributed by atoms with E-state index < -0.39 is 77.0 Å². The van der Waals surface area contributed by atoms with Crippen LogP contribution in [0, 0.1) is 10.6 Å². The van der Waals surface area contributed by atoms with E-state index in [2.05, 4.69) is 13.1 Å². The molecule has 22 heteroatoms. The quantitative estimate of drug-likeness (QED) is 0.179. The summed E-state index contributed by atoms with van der Waals surface area (Å²) in [5, 5.41) is 10.3. The second-order valence-electron chi connectivity index (χ2n) is 6.08. The first kappa shape index (κ1) is 27.5. The molecule has 0 amide bonds. The van der Waals surface area contributed by atoms with Crippen molar-refractivity contribution < 1.29 is 69.4 Å². The van der Waals surface area contributed by atoms with Crippen molar-refractivity contribution in [3.05, 3.63) is 27.1 Å². The second-order valence-corrected chi connectivity index (χ2v) is 10.9. The van der Waals surface area contributed by atoms with Gasteiger partial charge in [0.05, 0.1) is 12.8 Å². The molecule has 0 aliphatic carbocycles. The molecule has 2 heterocycles. The zero-order chi connectivity index (χ0) is 24.7. The number of aliphatic hydroxyl groups is 1. The van der Waals surface area contributed by atoms with E-state index in [1.54, 1.807) is 0 Å². The molecule has 1 aromatic rings. The summed E-state index contributed by atoms with van der Waals surface area (Å²) in [6, 6.07) is 0. The lowest BCUT2D eigenvalue weighted by atomic mass is 9.97. The molecule has 6 N–H and O–H groups in total. The lowest BCUT2D eigenvalue weighted by molar-refractivity contribution is -0.112. The first-order valence-corrected chi connectivity index (χ1v) is 12.7. The zero-order valence-electron chi connectivity index (χ0n) is 15.1. The molecule has 1 fully saturated rings. The molecule has 32 heavy (non-hydrogen) atoms. The molecule has 6 atom stereocenters. The Labute approximate surface area is 179 Å². The van der Waals surface area contributed by atoms with Crippen molar-refractivity contribution in [2.24, 2.45) is 0 Å². The van der Waals surface area contributed by atoms with Crippen LogP contribution >= 0.6 is 35.7 Å². The van der Waals surface area contributed by atoms with Crippen molar-refractivity contribution in [3.63, 3.8) is 0 Å². The second kappa shape index (κ2) is 9.46. The Hall–Kier alpha value is -0.780. The highest BCUT2D eigenvalue weighted by Crippen LogP contribution is 2.66. The SMILES string of the molecule is O=c1[nH]c(=S)n([C@@H]2O[C@H](COP(=O)(O)OP(=O)(O)OP(=O)(O)O)C(F)[C@]2(O)CF)cc1F. The minimum absolute atomic E-state index is 0.379. The van der Waals surface area contributed by atoms with E-state index in [-0.39, 0.29) is 0 Å². The highest BCUT2D eigenvalue weighted by Gasteiger charge is 2.58. The molecule has 15 nitrogen and oxygen atoms in total. The lowest BCUT2D eigenvalue weighted by Crippen LogP contribution is -2.47. The van der Waals surface area contributed by atoms with E-state index >= 15 is 0 Å². The van der Waals surface area contributed by atoms with Gasteiger partial charge in [-0.1, -0.05) is 0 Å². The topological polar surface area (TPSA) is 227 Å². The van der Waals surface area contributed by atoms with Gasteiger partial charge < -0.3 is 29.4 Å². The van der Waals surface area contributed by atoms with Crippen molar-refractivity contribution in [1.29, 1.82) is 0 Å². The number of hydrogen-bond donors (Lipinski definition) is 6. The van der Waals surface area contributed by atoms with Crippen LogP contribution in [-0.2, 0) is 31.6 Å². The van der Waals surface area contributed by atoms with Gasteiger partial charge in [0.1, 0.15) is 12.8 Å². The van der Waals surface area contributed by atoms with Gasteiger partial charge in [0, 0.05) is 0 Å². The predicted octanol–water partition coefficient (Wildman–Crippen LogP) is 0.324. The van der Waals surface area contributed by atoms with Gasteiger partial charge >= 0.3 is 23.5 Å². The van der Waals surface area contributed by atoms with Crippen molar-refractivity contribution in [2.75, 3.05) is 13.3 Å². The molecular formula is C10H14F3N2O13P3S. The van der Waals surface area contributed by atoms with Crippen LogP contribution in [0.5, 0.6) is 0 Å². The number of ether oxygens (including phenoxy) is 1. The third kappa shape index (κ3) is 6.42. The number of phosphoric ester groups is 1. The lowest BCUT2D eigenvalue weighted by Gasteiger charge is -2.28. The molecule has 1 aliphatic heterocycles. The van der Waals surface area contributed by atoms with Gasteiger partial charge in [0.2, 0.25) is 5.82 Å². The molecule has 184 valence electrons. The van der Waals surface area contributed by atoms with E-state index in [1.165, 1.54) is 0 Å². The van der Waals surface area contributed by atoms with Gasteiger partial charge in [-0.05, 0) is 12.2 Å². The number of hydrogen-bond acceptors (Lipinski definition) is 10. The summed E-state index contributed by atoms with van der Waals surface area (Å²) >= 11 is 4.72. The number of halogens is 3. The molecule has 0 saturated carbocycles. The number of phosphoric acid groups is 3. The first-order chi connectivity index (χ1) is 14.4. The van der Waals surface area contributed by atoms with Crippen LogP contribution in [0.15, 0.2) is 11.0 Å². The van der Waals surface area contributed by atoms with Gasteiger partial charge in [-0.2, -0.15) is 13.0 Å². The summed E-state index contributed by atoms with van der Waals surface area (Å²) in [7, 11) is -17.2. The Kier molecular flexibility index (Phi) is 8.12. The van der Waals surface area contributed by atoms with Gasteiger partial charge in [-0.3, -0.25) is 18.9 Å². The maximum atomic E-state index is 14.7. The van der Waals surface area contributed by atoms with Gasteiger partial charge in [-0.25, -0.2) is 22.5 Å². The fourth-order valence-electron chi connectivity index (χ4n) is 2.49. The van der Waals surface area contributed by atoms with Crippen LogP contribution in [0.2, 0.25) is 0 Å². The minimum Gasteiger partial charge on any atom is -0.379 e. The zero-order valence-corrected chi connectivity index (χ0v) is 18.6. The molecule has 1 saturated heterocycles. The largest absolute Gasteiger partial charge is 0.490 e. The molecule has 1 aromatic heterocycles. The molecule has 0 bridgehead atoms. The van der Waals surface area contributed by atoms with E-state index in [4.69, 9.17) is 31.6 Å². The van der Waals surface area contributed by atoms with Crippen molar-refractivity contribution in [3.8, 4) is 0 Å². The van der Waals surface area contributed by atoms with E-state index in [0.29, 0.717) is 10.8 Å². The summed E-state index contributed by atoms with van der Waals surface area (Å²) < 4.78 is 91.2. The summed E-state index contributed by atoms with van der Waals surface area (Å²) in [5.41, 5.74) is -4.35. The van der Waals surface area contributed by atoms with Crippen LogP contribution in [-0.4, -0.2) is 65.4 Å². The van der Waals surface area contributed by atoms with Crippen LogP contribution in [0.1, 0.15) is 6.23 Å². The number of H-pyrrole nitrogens is 1. The summed E-state index contributed by atoms with van der Waals surface area (Å²) in [6.45, 7) is -3.23. The Bertz CT molecular complexity index is 1130. The number of rotatable bonds is 9. The minimum atomic E-state index is -5.86. The van der Waals surface area contributed by atoms with Gasteiger partial charge in [-0.15, -0.1) is 0 Å². The molecule has 1 aliphatic rings. The average Bonchev–Trinajstić information content (AvgIpc) is 2.85. The molecule has 2 rings (SSSR count). The van der Waals surface area contributed by atoms with Crippen LogP contribution in [0.4, 0.5) is 13.2 Å². The molecule has 3 unspecified atom stereocenters. The van der Waals surface area contributed by atoms with Crippen LogP contribution in [0.3, 0.4) is 0 Å². The van der Waals surface area contributed by atoms with Gasteiger partial charge in [0.15, 0.2) is 22.8 Å². The Morgan fingerprint density at radius 2 is 1.81 bits per heavy atom.